The van der Waals surface area contributed by atoms with Gasteiger partial charge in [-0.25, -0.2) is 4.39 Å². The Hall–Kier alpha value is -0.970. The minimum Gasteiger partial charge on any atom is -0.329 e. The zero-order valence-electron chi connectivity index (χ0n) is 11.2. The molecule has 0 aromatic heterocycles. The molecule has 1 unspecified atom stereocenters. The first-order chi connectivity index (χ1) is 8.60. The Morgan fingerprint density at radius 1 is 1.39 bits per heavy atom. The Balaban J connectivity index is 2.07. The molecule has 1 aliphatic heterocycles. The number of rotatable bonds is 3. The van der Waals surface area contributed by atoms with Gasteiger partial charge in [-0.1, -0.05) is 6.07 Å². The van der Waals surface area contributed by atoms with Gasteiger partial charge in [-0.3, -0.25) is 4.90 Å². The number of halogens is 1. The lowest BCUT2D eigenvalue weighted by molar-refractivity contribution is 0.0879. The third-order valence-corrected chi connectivity index (χ3v) is 3.76. The van der Waals surface area contributed by atoms with E-state index >= 15 is 0 Å². The van der Waals surface area contributed by atoms with E-state index in [9.17, 15) is 4.39 Å². The van der Waals surface area contributed by atoms with Crippen LogP contribution >= 0.6 is 0 Å². The van der Waals surface area contributed by atoms with Crippen LogP contribution in [0, 0.1) is 12.7 Å². The van der Waals surface area contributed by atoms with Crippen LogP contribution in [0.2, 0.25) is 0 Å². The molecule has 1 fully saturated rings. The Morgan fingerprint density at radius 2 is 2.17 bits per heavy atom. The number of nitrogens with zero attached hydrogens (tertiary/aromatic N) is 2. The number of likely N-dealkylation sites (N-methyl/N-ethyl adjacent to an activating group) is 1. The van der Waals surface area contributed by atoms with Crippen LogP contribution in [-0.4, -0.2) is 49.1 Å². The molecule has 4 heteroatoms. The number of hydrogen-bond donors (Lipinski definition) is 1. The molecule has 18 heavy (non-hydrogen) atoms. The molecule has 0 spiro atoms. The smallest absolute Gasteiger partial charge is 0.123 e. The summed E-state index contributed by atoms with van der Waals surface area (Å²) >= 11 is 0. The van der Waals surface area contributed by atoms with Crippen LogP contribution in [0.3, 0.4) is 0 Å². The minimum absolute atomic E-state index is 0.162. The normalized spacial score (nSPS) is 22.3. The van der Waals surface area contributed by atoms with Gasteiger partial charge in [-0.15, -0.1) is 0 Å². The van der Waals surface area contributed by atoms with E-state index in [0.29, 0.717) is 12.6 Å². The van der Waals surface area contributed by atoms with Crippen molar-refractivity contribution in [1.82, 2.24) is 9.80 Å². The summed E-state index contributed by atoms with van der Waals surface area (Å²) in [4.78, 5) is 4.71. The van der Waals surface area contributed by atoms with Crippen molar-refractivity contribution < 1.29 is 4.39 Å². The molecule has 1 aliphatic rings. The highest BCUT2D eigenvalue weighted by Gasteiger charge is 2.24. The predicted molar refractivity (Wildman–Crippen MR) is 71.9 cm³/mol. The Labute approximate surface area is 108 Å². The van der Waals surface area contributed by atoms with E-state index in [1.807, 2.05) is 13.0 Å². The summed E-state index contributed by atoms with van der Waals surface area (Å²) in [5.41, 5.74) is 8.06. The number of aryl methyl sites for hydroxylation is 1. The van der Waals surface area contributed by atoms with E-state index < -0.39 is 0 Å². The van der Waals surface area contributed by atoms with Gasteiger partial charge in [0, 0.05) is 38.8 Å². The lowest BCUT2D eigenvalue weighted by Crippen LogP contribution is -2.54. The molecule has 100 valence electrons. The van der Waals surface area contributed by atoms with Gasteiger partial charge in [0.2, 0.25) is 0 Å². The van der Waals surface area contributed by atoms with Crippen molar-refractivity contribution in [1.29, 1.82) is 0 Å². The van der Waals surface area contributed by atoms with E-state index in [-0.39, 0.29) is 5.82 Å². The fraction of sp³-hybridized carbons (Fsp3) is 0.571. The van der Waals surface area contributed by atoms with Gasteiger partial charge in [0.05, 0.1) is 0 Å². The third-order valence-electron chi connectivity index (χ3n) is 3.76. The van der Waals surface area contributed by atoms with Gasteiger partial charge in [0.25, 0.3) is 0 Å². The molecule has 1 atom stereocenters. The van der Waals surface area contributed by atoms with Crippen molar-refractivity contribution >= 4 is 0 Å². The summed E-state index contributed by atoms with van der Waals surface area (Å²) in [7, 11) is 2.13. The minimum atomic E-state index is -0.162. The van der Waals surface area contributed by atoms with Crippen molar-refractivity contribution in [3.05, 3.63) is 35.1 Å². The molecule has 0 radical (unpaired) electrons. The van der Waals surface area contributed by atoms with Crippen LogP contribution in [0.5, 0.6) is 0 Å². The van der Waals surface area contributed by atoms with Crippen molar-refractivity contribution in [2.24, 2.45) is 5.73 Å². The SMILES string of the molecule is Cc1cc(F)ccc1CN1CCN(C)CC1CN. The van der Waals surface area contributed by atoms with Crippen molar-refractivity contribution in [2.75, 3.05) is 33.2 Å². The number of piperazine rings is 1. The van der Waals surface area contributed by atoms with Gasteiger partial charge >= 0.3 is 0 Å². The van der Waals surface area contributed by atoms with E-state index in [0.717, 1.165) is 31.7 Å². The van der Waals surface area contributed by atoms with Crippen LogP contribution in [0.4, 0.5) is 4.39 Å². The lowest BCUT2D eigenvalue weighted by Gasteiger charge is -2.39. The van der Waals surface area contributed by atoms with Gasteiger partial charge in [0.15, 0.2) is 0 Å². The second-order valence-electron chi connectivity index (χ2n) is 5.19. The average Bonchev–Trinajstić information content (AvgIpc) is 2.34. The maximum atomic E-state index is 13.1. The molecule has 0 saturated carbocycles. The summed E-state index contributed by atoms with van der Waals surface area (Å²) < 4.78 is 13.1. The molecule has 1 aromatic carbocycles. The molecule has 2 N–H and O–H groups in total. The zero-order valence-corrected chi connectivity index (χ0v) is 11.2. The lowest BCUT2D eigenvalue weighted by atomic mass is 10.1. The number of benzene rings is 1. The Bertz CT molecular complexity index is 408. The van der Waals surface area contributed by atoms with Crippen molar-refractivity contribution in [3.8, 4) is 0 Å². The third kappa shape index (κ3) is 3.07. The Morgan fingerprint density at radius 3 is 2.83 bits per heavy atom. The van der Waals surface area contributed by atoms with Crippen LogP contribution in [0.25, 0.3) is 0 Å². The fourth-order valence-electron chi connectivity index (χ4n) is 2.54. The van der Waals surface area contributed by atoms with Gasteiger partial charge < -0.3 is 10.6 Å². The molecular weight excluding hydrogens is 229 g/mol. The van der Waals surface area contributed by atoms with Gasteiger partial charge in [0.1, 0.15) is 5.82 Å². The van der Waals surface area contributed by atoms with E-state index in [1.165, 1.54) is 11.6 Å². The van der Waals surface area contributed by atoms with Crippen LogP contribution in [-0.2, 0) is 6.54 Å². The first kappa shape index (κ1) is 13.5. The van der Waals surface area contributed by atoms with Gasteiger partial charge in [-0.05, 0) is 37.2 Å². The van der Waals surface area contributed by atoms with E-state index in [4.69, 9.17) is 5.73 Å². The average molecular weight is 251 g/mol. The van der Waals surface area contributed by atoms with Crippen molar-refractivity contribution in [2.45, 2.75) is 19.5 Å². The second kappa shape index (κ2) is 5.78. The van der Waals surface area contributed by atoms with Crippen LogP contribution < -0.4 is 5.73 Å². The molecule has 0 bridgehead atoms. The van der Waals surface area contributed by atoms with E-state index in [2.05, 4.69) is 16.8 Å². The largest absolute Gasteiger partial charge is 0.329 e. The quantitative estimate of drug-likeness (QED) is 0.876. The molecule has 0 aliphatic carbocycles. The molecule has 0 amide bonds. The first-order valence-electron chi connectivity index (χ1n) is 6.48. The maximum absolute atomic E-state index is 13.1. The maximum Gasteiger partial charge on any atom is 0.123 e. The predicted octanol–water partition coefficient (Wildman–Crippen LogP) is 1.21. The second-order valence-corrected chi connectivity index (χ2v) is 5.19. The standard InChI is InChI=1S/C14H22FN3/c1-11-7-13(15)4-3-12(11)9-18-6-5-17(2)10-14(18)8-16/h3-4,7,14H,5-6,8-10,16H2,1-2H3. The molecule has 3 nitrogen and oxygen atoms in total. The molecule has 1 heterocycles. The summed E-state index contributed by atoms with van der Waals surface area (Å²) in [6, 6.07) is 5.42. The summed E-state index contributed by atoms with van der Waals surface area (Å²) in [6.07, 6.45) is 0. The summed E-state index contributed by atoms with van der Waals surface area (Å²) in [5, 5.41) is 0. The first-order valence-corrected chi connectivity index (χ1v) is 6.48. The van der Waals surface area contributed by atoms with Gasteiger partial charge in [-0.2, -0.15) is 0 Å². The molecule has 1 aromatic rings. The fourth-order valence-corrected chi connectivity index (χ4v) is 2.54. The number of hydrogen-bond acceptors (Lipinski definition) is 3. The topological polar surface area (TPSA) is 32.5 Å². The Kier molecular flexibility index (Phi) is 4.32. The molecule has 1 saturated heterocycles. The number of nitrogens with two attached hydrogens (primary N) is 1. The summed E-state index contributed by atoms with van der Waals surface area (Å²) in [5.74, 6) is -0.162. The van der Waals surface area contributed by atoms with E-state index in [1.54, 1.807) is 6.07 Å². The molecular formula is C14H22FN3. The van der Waals surface area contributed by atoms with Crippen LogP contribution in [0.1, 0.15) is 11.1 Å². The molecule has 2 rings (SSSR count). The highest BCUT2D eigenvalue weighted by atomic mass is 19.1. The zero-order chi connectivity index (χ0) is 13.1. The highest BCUT2D eigenvalue weighted by molar-refractivity contribution is 5.26. The van der Waals surface area contributed by atoms with Crippen LogP contribution in [0.15, 0.2) is 18.2 Å². The highest BCUT2D eigenvalue weighted by Crippen LogP contribution is 2.16. The summed E-state index contributed by atoms with van der Waals surface area (Å²) in [6.45, 7) is 6.60. The monoisotopic (exact) mass is 251 g/mol. The van der Waals surface area contributed by atoms with Crippen molar-refractivity contribution in [3.63, 3.8) is 0 Å².